The van der Waals surface area contributed by atoms with E-state index in [2.05, 4.69) is 10.6 Å². The molecule has 0 heterocycles. The molecule has 252 valence electrons. The molecule has 8 nitrogen and oxygen atoms in total. The number of hydrogen-bond donors (Lipinski definition) is 2. The predicted molar refractivity (Wildman–Crippen MR) is 189 cm³/mol. The molecule has 0 saturated carbocycles. The van der Waals surface area contributed by atoms with Crippen LogP contribution >= 0.6 is 11.6 Å². The highest BCUT2D eigenvalue weighted by Crippen LogP contribution is 2.39. The van der Waals surface area contributed by atoms with Gasteiger partial charge < -0.3 is 24.8 Å². The quantitative estimate of drug-likeness (QED) is 0.137. The van der Waals surface area contributed by atoms with Gasteiger partial charge in [0.1, 0.15) is 23.1 Å². The third-order valence-electron chi connectivity index (χ3n) is 7.29. The fraction of sp³-hybridized carbons (Fsp3) is 0.308. The van der Waals surface area contributed by atoms with Crippen LogP contribution in [0.5, 0.6) is 11.5 Å². The molecular weight excluding hydrogens is 628 g/mol. The van der Waals surface area contributed by atoms with Crippen LogP contribution in [0.1, 0.15) is 69.8 Å². The lowest BCUT2D eigenvalue weighted by molar-refractivity contribution is -0.145. The molecule has 2 N–H and O–H groups in total. The number of hydrogen-bond acceptors (Lipinski definition) is 6. The molecule has 4 rings (SSSR count). The number of alkyl carbamates (subject to hydrolysis) is 1. The van der Waals surface area contributed by atoms with Crippen molar-refractivity contribution in [2.24, 2.45) is 0 Å². The summed E-state index contributed by atoms with van der Waals surface area (Å²) in [5.41, 5.74) is 3.64. The average molecular weight is 671 g/mol. The average Bonchev–Trinajstić information content (AvgIpc) is 3.05. The van der Waals surface area contributed by atoms with E-state index in [1.807, 2.05) is 73.7 Å². The summed E-state index contributed by atoms with van der Waals surface area (Å²) >= 11 is 6.48. The first-order valence-corrected chi connectivity index (χ1v) is 16.6. The first-order chi connectivity index (χ1) is 23.0. The Kier molecular flexibility index (Phi) is 12.6. The Morgan fingerprint density at radius 2 is 1.60 bits per heavy atom. The lowest BCUT2D eigenvalue weighted by atomic mass is 9.93. The van der Waals surface area contributed by atoms with E-state index in [1.165, 1.54) is 0 Å². The number of carbonyl (C=O) groups is 3. The highest BCUT2D eigenvalue weighted by atomic mass is 35.5. The Morgan fingerprint density at radius 1 is 0.833 bits per heavy atom. The molecule has 0 bridgehead atoms. The number of rotatable bonds is 13. The van der Waals surface area contributed by atoms with Crippen LogP contribution in [-0.2, 0) is 20.8 Å². The summed E-state index contributed by atoms with van der Waals surface area (Å²) in [5, 5.41) is 6.13. The SMILES string of the molecule is CCCCC(NC(=O)c1ccc(-c2ccccc2)cc1-c1ccc(Cl)cc1Oc1cccc(CNC(=O)OC(C)(C)C)c1)C(=O)OCC. The maximum atomic E-state index is 13.9. The van der Waals surface area contributed by atoms with Crippen molar-refractivity contribution in [3.05, 3.63) is 107 Å². The van der Waals surface area contributed by atoms with Crippen molar-refractivity contribution >= 4 is 29.6 Å². The Balaban J connectivity index is 1.72. The van der Waals surface area contributed by atoms with Crippen LogP contribution in [0.15, 0.2) is 91.0 Å². The largest absolute Gasteiger partial charge is 0.464 e. The van der Waals surface area contributed by atoms with Crippen molar-refractivity contribution in [3.8, 4) is 33.8 Å². The van der Waals surface area contributed by atoms with Gasteiger partial charge >= 0.3 is 12.1 Å². The molecule has 4 aromatic carbocycles. The number of ether oxygens (including phenoxy) is 3. The zero-order valence-corrected chi connectivity index (χ0v) is 28.9. The molecule has 1 atom stereocenters. The van der Waals surface area contributed by atoms with E-state index in [9.17, 15) is 14.4 Å². The lowest BCUT2D eigenvalue weighted by Crippen LogP contribution is -2.42. The van der Waals surface area contributed by atoms with E-state index >= 15 is 0 Å². The van der Waals surface area contributed by atoms with Crippen molar-refractivity contribution < 1.29 is 28.6 Å². The van der Waals surface area contributed by atoms with Crippen LogP contribution in [0, 0.1) is 0 Å². The second kappa shape index (κ2) is 16.8. The monoisotopic (exact) mass is 670 g/mol. The van der Waals surface area contributed by atoms with Crippen LogP contribution in [-0.4, -0.2) is 36.2 Å². The number of esters is 1. The second-order valence-electron chi connectivity index (χ2n) is 12.3. The summed E-state index contributed by atoms with van der Waals surface area (Å²) in [6, 6.07) is 27.2. The number of halogens is 1. The van der Waals surface area contributed by atoms with Crippen LogP contribution in [0.25, 0.3) is 22.3 Å². The lowest BCUT2D eigenvalue weighted by Gasteiger charge is -2.20. The summed E-state index contributed by atoms with van der Waals surface area (Å²) in [7, 11) is 0. The van der Waals surface area contributed by atoms with Gasteiger partial charge in [-0.15, -0.1) is 0 Å². The molecule has 0 aliphatic heterocycles. The topological polar surface area (TPSA) is 103 Å². The van der Waals surface area contributed by atoms with Gasteiger partial charge in [0.05, 0.1) is 6.61 Å². The Morgan fingerprint density at radius 3 is 2.31 bits per heavy atom. The maximum Gasteiger partial charge on any atom is 0.407 e. The van der Waals surface area contributed by atoms with Crippen molar-refractivity contribution in [1.82, 2.24) is 10.6 Å². The van der Waals surface area contributed by atoms with Crippen molar-refractivity contribution in [2.45, 2.75) is 72.1 Å². The highest BCUT2D eigenvalue weighted by molar-refractivity contribution is 6.30. The summed E-state index contributed by atoms with van der Waals surface area (Å²) in [5.74, 6) is 0.0642. The molecule has 4 aromatic rings. The van der Waals surface area contributed by atoms with E-state index in [0.717, 1.165) is 29.5 Å². The van der Waals surface area contributed by atoms with Crippen LogP contribution in [0.2, 0.25) is 5.02 Å². The van der Waals surface area contributed by atoms with Gasteiger partial charge in [0.2, 0.25) is 0 Å². The number of benzene rings is 4. The summed E-state index contributed by atoms with van der Waals surface area (Å²) in [6.07, 6.45) is 1.57. The van der Waals surface area contributed by atoms with E-state index in [4.69, 9.17) is 25.8 Å². The summed E-state index contributed by atoms with van der Waals surface area (Å²) in [6.45, 7) is 9.64. The second-order valence-corrected chi connectivity index (χ2v) is 12.7. The van der Waals surface area contributed by atoms with E-state index in [0.29, 0.717) is 39.6 Å². The van der Waals surface area contributed by atoms with Gasteiger partial charge in [-0.05, 0) is 92.8 Å². The molecule has 1 unspecified atom stereocenters. The van der Waals surface area contributed by atoms with Gasteiger partial charge in [0.25, 0.3) is 5.91 Å². The minimum absolute atomic E-state index is 0.220. The minimum atomic E-state index is -0.781. The first kappa shape index (κ1) is 36.0. The molecule has 0 aromatic heterocycles. The van der Waals surface area contributed by atoms with Gasteiger partial charge in [-0.25, -0.2) is 9.59 Å². The Labute approximate surface area is 287 Å². The Hall–Kier alpha value is -4.82. The molecule has 2 amide bonds. The van der Waals surface area contributed by atoms with Gasteiger partial charge in [-0.2, -0.15) is 0 Å². The molecule has 0 radical (unpaired) electrons. The number of amides is 2. The van der Waals surface area contributed by atoms with Gasteiger partial charge in [0.15, 0.2) is 0 Å². The maximum absolute atomic E-state index is 13.9. The third-order valence-corrected chi connectivity index (χ3v) is 7.53. The Bertz CT molecular complexity index is 1720. The standard InChI is InChI=1S/C39H43ClN2O6/c1-6-8-17-34(37(44)46-7-2)42-36(43)32-20-18-28(27-14-10-9-11-15-27)23-33(32)31-21-19-29(40)24-35(31)47-30-16-12-13-26(22-30)25-41-38(45)48-39(3,4)5/h9-16,18-24,34H,6-8,17,25H2,1-5H3,(H,41,45)(H,42,43). The van der Waals surface area contributed by atoms with Gasteiger partial charge in [-0.1, -0.05) is 79.9 Å². The van der Waals surface area contributed by atoms with Gasteiger partial charge in [-0.3, -0.25) is 4.79 Å². The number of nitrogens with one attached hydrogen (secondary N) is 2. The third kappa shape index (κ3) is 10.3. The minimum Gasteiger partial charge on any atom is -0.464 e. The molecule has 0 aliphatic rings. The molecule has 48 heavy (non-hydrogen) atoms. The molecule has 9 heteroatoms. The van der Waals surface area contributed by atoms with E-state index in [-0.39, 0.29) is 13.2 Å². The molecule has 0 saturated heterocycles. The zero-order valence-electron chi connectivity index (χ0n) is 28.1. The summed E-state index contributed by atoms with van der Waals surface area (Å²) < 4.78 is 17.0. The number of unbranched alkanes of at least 4 members (excludes halogenated alkanes) is 1. The summed E-state index contributed by atoms with van der Waals surface area (Å²) in [4.78, 5) is 38.9. The van der Waals surface area contributed by atoms with Crippen molar-refractivity contribution in [1.29, 1.82) is 0 Å². The van der Waals surface area contributed by atoms with E-state index < -0.39 is 29.6 Å². The predicted octanol–water partition coefficient (Wildman–Crippen LogP) is 9.34. The fourth-order valence-corrected chi connectivity index (χ4v) is 5.21. The molecule has 0 spiro atoms. The normalized spacial score (nSPS) is 11.7. The molecular formula is C39H43ClN2O6. The van der Waals surface area contributed by atoms with Gasteiger partial charge in [0, 0.05) is 28.8 Å². The van der Waals surface area contributed by atoms with E-state index in [1.54, 1.807) is 52.0 Å². The van der Waals surface area contributed by atoms with Crippen molar-refractivity contribution in [2.75, 3.05) is 6.61 Å². The van der Waals surface area contributed by atoms with Crippen LogP contribution in [0.4, 0.5) is 4.79 Å². The van der Waals surface area contributed by atoms with Crippen molar-refractivity contribution in [3.63, 3.8) is 0 Å². The van der Waals surface area contributed by atoms with Crippen LogP contribution < -0.4 is 15.4 Å². The first-order valence-electron chi connectivity index (χ1n) is 16.2. The fourth-order valence-electron chi connectivity index (χ4n) is 5.05. The smallest absolute Gasteiger partial charge is 0.407 e. The van der Waals surface area contributed by atoms with Crippen LogP contribution in [0.3, 0.4) is 0 Å². The molecule has 0 aliphatic carbocycles. The molecule has 0 fully saturated rings. The number of carbonyl (C=O) groups excluding carboxylic acids is 3. The highest BCUT2D eigenvalue weighted by Gasteiger charge is 2.25. The zero-order chi connectivity index (χ0) is 34.7.